The van der Waals surface area contributed by atoms with Gasteiger partial charge in [-0.3, -0.25) is 9.97 Å². The Labute approximate surface area is 107 Å². The van der Waals surface area contributed by atoms with Crippen molar-refractivity contribution in [2.75, 3.05) is 11.5 Å². The summed E-state index contributed by atoms with van der Waals surface area (Å²) in [7, 11) is 0. The van der Waals surface area contributed by atoms with Crippen LogP contribution in [0.5, 0.6) is 0 Å². The SMILES string of the molecule is c1ccc(CCSCCc2ccccn2)nc1. The first-order chi connectivity index (χ1) is 8.45. The Morgan fingerprint density at radius 2 is 1.29 bits per heavy atom. The largest absolute Gasteiger partial charge is 0.261 e. The molecule has 2 rings (SSSR count). The van der Waals surface area contributed by atoms with Gasteiger partial charge in [-0.25, -0.2) is 0 Å². The molecule has 2 aromatic rings. The lowest BCUT2D eigenvalue weighted by Crippen LogP contribution is -1.95. The highest BCUT2D eigenvalue weighted by atomic mass is 32.2. The number of pyridine rings is 2. The summed E-state index contributed by atoms with van der Waals surface area (Å²) in [4.78, 5) is 8.62. The molecule has 0 fully saturated rings. The fourth-order valence-corrected chi connectivity index (χ4v) is 2.46. The number of thioether (sulfide) groups is 1. The summed E-state index contributed by atoms with van der Waals surface area (Å²) in [5, 5.41) is 0. The van der Waals surface area contributed by atoms with Crippen LogP contribution < -0.4 is 0 Å². The number of rotatable bonds is 6. The van der Waals surface area contributed by atoms with Gasteiger partial charge in [0.05, 0.1) is 0 Å². The van der Waals surface area contributed by atoms with Crippen LogP contribution in [0.25, 0.3) is 0 Å². The molecule has 0 aromatic carbocycles. The molecule has 2 nitrogen and oxygen atoms in total. The van der Waals surface area contributed by atoms with E-state index in [-0.39, 0.29) is 0 Å². The van der Waals surface area contributed by atoms with Gasteiger partial charge in [-0.1, -0.05) is 12.1 Å². The molecule has 0 saturated carbocycles. The summed E-state index contributed by atoms with van der Waals surface area (Å²) in [6, 6.07) is 12.2. The zero-order chi connectivity index (χ0) is 11.8. The molecule has 0 atom stereocenters. The molecule has 0 amide bonds. The van der Waals surface area contributed by atoms with Gasteiger partial charge in [-0.15, -0.1) is 0 Å². The van der Waals surface area contributed by atoms with Crippen molar-refractivity contribution in [2.24, 2.45) is 0 Å². The highest BCUT2D eigenvalue weighted by Crippen LogP contribution is 2.07. The minimum Gasteiger partial charge on any atom is -0.261 e. The van der Waals surface area contributed by atoms with Gasteiger partial charge in [0.1, 0.15) is 0 Å². The fourth-order valence-electron chi connectivity index (χ4n) is 1.55. The van der Waals surface area contributed by atoms with Crippen molar-refractivity contribution < 1.29 is 0 Å². The third-order valence-corrected chi connectivity index (χ3v) is 3.44. The van der Waals surface area contributed by atoms with Crippen molar-refractivity contribution in [3.05, 3.63) is 60.2 Å². The summed E-state index contributed by atoms with van der Waals surface area (Å²) >= 11 is 1.96. The maximum atomic E-state index is 4.31. The van der Waals surface area contributed by atoms with Crippen LogP contribution in [0.3, 0.4) is 0 Å². The molecule has 2 heterocycles. The molecule has 0 aliphatic carbocycles. The second-order valence-electron chi connectivity index (χ2n) is 3.75. The van der Waals surface area contributed by atoms with E-state index in [0.717, 1.165) is 24.3 Å². The maximum absolute atomic E-state index is 4.31. The molecule has 0 aliphatic rings. The molecule has 0 N–H and O–H groups in total. The van der Waals surface area contributed by atoms with E-state index in [1.807, 2.05) is 48.4 Å². The summed E-state index contributed by atoms with van der Waals surface area (Å²) in [6.45, 7) is 0. The normalized spacial score (nSPS) is 10.4. The van der Waals surface area contributed by atoms with Crippen LogP contribution in [0.2, 0.25) is 0 Å². The lowest BCUT2D eigenvalue weighted by molar-refractivity contribution is 1.03. The second kappa shape index (κ2) is 7.07. The minimum absolute atomic E-state index is 1.05. The molecule has 88 valence electrons. The summed E-state index contributed by atoms with van der Waals surface area (Å²) < 4.78 is 0. The number of hydrogen-bond acceptors (Lipinski definition) is 3. The van der Waals surface area contributed by atoms with Gasteiger partial charge >= 0.3 is 0 Å². The van der Waals surface area contributed by atoms with E-state index in [0.29, 0.717) is 0 Å². The molecule has 0 aliphatic heterocycles. The first kappa shape index (κ1) is 12.1. The Morgan fingerprint density at radius 1 is 0.765 bits per heavy atom. The van der Waals surface area contributed by atoms with Crippen LogP contribution in [0.1, 0.15) is 11.4 Å². The zero-order valence-electron chi connectivity index (χ0n) is 9.75. The molecule has 0 spiro atoms. The lowest BCUT2D eigenvalue weighted by Gasteiger charge is -2.01. The van der Waals surface area contributed by atoms with Gasteiger partial charge in [0, 0.05) is 23.8 Å². The van der Waals surface area contributed by atoms with Crippen molar-refractivity contribution in [3.63, 3.8) is 0 Å². The molecule has 0 unspecified atom stereocenters. The third-order valence-electron chi connectivity index (χ3n) is 2.46. The van der Waals surface area contributed by atoms with E-state index in [9.17, 15) is 0 Å². The minimum atomic E-state index is 1.05. The van der Waals surface area contributed by atoms with E-state index < -0.39 is 0 Å². The highest BCUT2D eigenvalue weighted by Gasteiger charge is 1.96. The first-order valence-electron chi connectivity index (χ1n) is 5.83. The van der Waals surface area contributed by atoms with Crippen LogP contribution in [-0.4, -0.2) is 21.5 Å². The Bertz CT molecular complexity index is 375. The van der Waals surface area contributed by atoms with Gasteiger partial charge in [0.2, 0.25) is 0 Å². The van der Waals surface area contributed by atoms with Crippen LogP contribution in [-0.2, 0) is 12.8 Å². The smallest absolute Gasteiger partial charge is 0.0411 e. The topological polar surface area (TPSA) is 25.8 Å². The van der Waals surface area contributed by atoms with E-state index in [1.165, 1.54) is 11.4 Å². The van der Waals surface area contributed by atoms with Gasteiger partial charge in [0.25, 0.3) is 0 Å². The summed E-state index contributed by atoms with van der Waals surface area (Å²) in [6.07, 6.45) is 5.81. The lowest BCUT2D eigenvalue weighted by atomic mass is 10.3. The predicted octanol–water partition coefficient (Wildman–Crippen LogP) is 3.00. The predicted molar refractivity (Wildman–Crippen MR) is 73.2 cm³/mol. The van der Waals surface area contributed by atoms with Crippen molar-refractivity contribution in [2.45, 2.75) is 12.8 Å². The van der Waals surface area contributed by atoms with E-state index >= 15 is 0 Å². The van der Waals surface area contributed by atoms with E-state index in [1.54, 1.807) is 0 Å². The maximum Gasteiger partial charge on any atom is 0.0411 e. The Balaban J connectivity index is 1.61. The quantitative estimate of drug-likeness (QED) is 0.731. The average molecular weight is 244 g/mol. The monoisotopic (exact) mass is 244 g/mol. The van der Waals surface area contributed by atoms with Gasteiger partial charge in [0.15, 0.2) is 0 Å². The molecular weight excluding hydrogens is 228 g/mol. The van der Waals surface area contributed by atoms with E-state index in [2.05, 4.69) is 22.1 Å². The van der Waals surface area contributed by atoms with Gasteiger partial charge < -0.3 is 0 Å². The number of hydrogen-bond donors (Lipinski definition) is 0. The highest BCUT2D eigenvalue weighted by molar-refractivity contribution is 7.99. The van der Waals surface area contributed by atoms with Gasteiger partial charge in [-0.2, -0.15) is 11.8 Å². The fraction of sp³-hybridized carbons (Fsp3) is 0.286. The Kier molecular flexibility index (Phi) is 5.04. The number of nitrogens with zero attached hydrogens (tertiary/aromatic N) is 2. The zero-order valence-corrected chi connectivity index (χ0v) is 10.6. The molecular formula is C14H16N2S. The average Bonchev–Trinajstić information content (AvgIpc) is 2.41. The van der Waals surface area contributed by atoms with Crippen LogP contribution in [0.4, 0.5) is 0 Å². The Hall–Kier alpha value is -1.35. The molecule has 17 heavy (non-hydrogen) atoms. The molecule has 2 aromatic heterocycles. The number of aryl methyl sites for hydroxylation is 2. The molecule has 0 saturated heterocycles. The Morgan fingerprint density at radius 3 is 1.71 bits per heavy atom. The van der Waals surface area contributed by atoms with Crippen LogP contribution in [0.15, 0.2) is 48.8 Å². The van der Waals surface area contributed by atoms with Crippen LogP contribution in [0, 0.1) is 0 Å². The van der Waals surface area contributed by atoms with E-state index in [4.69, 9.17) is 0 Å². The van der Waals surface area contributed by atoms with Crippen molar-refractivity contribution in [1.82, 2.24) is 9.97 Å². The van der Waals surface area contributed by atoms with Crippen molar-refractivity contribution in [1.29, 1.82) is 0 Å². The molecule has 3 heteroatoms. The van der Waals surface area contributed by atoms with Crippen molar-refractivity contribution >= 4 is 11.8 Å². The standard InChI is InChI=1S/C14H16N2S/c1-3-9-15-13(5-1)7-11-17-12-8-14-6-2-4-10-16-14/h1-6,9-10H,7-8,11-12H2. The number of aromatic nitrogens is 2. The third kappa shape index (κ3) is 4.57. The van der Waals surface area contributed by atoms with Crippen LogP contribution >= 0.6 is 11.8 Å². The molecule has 0 radical (unpaired) electrons. The summed E-state index contributed by atoms with van der Waals surface area (Å²) in [5.74, 6) is 2.26. The second-order valence-corrected chi connectivity index (χ2v) is 4.98. The molecule has 0 bridgehead atoms. The first-order valence-corrected chi connectivity index (χ1v) is 6.98. The van der Waals surface area contributed by atoms with Crippen molar-refractivity contribution in [3.8, 4) is 0 Å². The van der Waals surface area contributed by atoms with Gasteiger partial charge in [-0.05, 0) is 48.6 Å². The summed E-state index contributed by atoms with van der Waals surface area (Å²) in [5.41, 5.74) is 2.36.